The van der Waals surface area contributed by atoms with Gasteiger partial charge in [-0.2, -0.15) is 0 Å². The van der Waals surface area contributed by atoms with Crippen molar-refractivity contribution in [1.29, 1.82) is 0 Å². The van der Waals surface area contributed by atoms with Gasteiger partial charge in [-0.25, -0.2) is 13.6 Å². The largest absolute Gasteiger partial charge is 0.365 e. The number of carbonyl (C=O) groups is 1. The molecule has 2 aliphatic heterocycles. The molecule has 1 amide bonds. The van der Waals surface area contributed by atoms with Gasteiger partial charge in [0.2, 0.25) is 10.0 Å². The van der Waals surface area contributed by atoms with E-state index in [2.05, 4.69) is 0 Å². The summed E-state index contributed by atoms with van der Waals surface area (Å²) in [7, 11) is -3.56. The van der Waals surface area contributed by atoms with E-state index in [1.54, 1.807) is 4.90 Å². The highest BCUT2D eigenvalue weighted by Crippen LogP contribution is 2.23. The van der Waals surface area contributed by atoms with Crippen molar-refractivity contribution in [3.05, 3.63) is 0 Å². The van der Waals surface area contributed by atoms with E-state index in [9.17, 15) is 13.2 Å². The average Bonchev–Trinajstić information content (AvgIpc) is 2.74. The molecule has 2 heterocycles. The SMILES string of the molecule is CC1CCC(C(=O)N2CCCC(S(N)(=O)=O)C2)O1. The number of sulfonamides is 1. The third kappa shape index (κ3) is 3.02. The molecule has 0 aromatic rings. The molecule has 2 saturated heterocycles. The van der Waals surface area contributed by atoms with Gasteiger partial charge in [-0.1, -0.05) is 0 Å². The molecule has 0 spiro atoms. The summed E-state index contributed by atoms with van der Waals surface area (Å²) in [5.41, 5.74) is 0. The van der Waals surface area contributed by atoms with Crippen molar-refractivity contribution in [1.82, 2.24) is 4.90 Å². The quantitative estimate of drug-likeness (QED) is 0.758. The Morgan fingerprint density at radius 2 is 2.06 bits per heavy atom. The first-order valence-electron chi connectivity index (χ1n) is 6.34. The summed E-state index contributed by atoms with van der Waals surface area (Å²) in [5, 5.41) is 4.52. The van der Waals surface area contributed by atoms with Crippen LogP contribution in [0.4, 0.5) is 0 Å². The van der Waals surface area contributed by atoms with Gasteiger partial charge in [-0.15, -0.1) is 0 Å². The fraction of sp³-hybridized carbons (Fsp3) is 0.909. The molecule has 3 unspecified atom stereocenters. The Kier molecular flexibility index (Phi) is 3.93. The Labute approximate surface area is 108 Å². The lowest BCUT2D eigenvalue weighted by atomic mass is 10.1. The van der Waals surface area contributed by atoms with E-state index >= 15 is 0 Å². The van der Waals surface area contributed by atoms with E-state index in [0.717, 1.165) is 12.8 Å². The summed E-state index contributed by atoms with van der Waals surface area (Å²) in [6.07, 6.45) is 2.51. The fourth-order valence-corrected chi connectivity index (χ4v) is 3.48. The normalized spacial score (nSPS) is 33.7. The summed E-state index contributed by atoms with van der Waals surface area (Å²) >= 11 is 0. The van der Waals surface area contributed by atoms with Crippen molar-refractivity contribution in [2.45, 2.75) is 50.1 Å². The average molecular weight is 276 g/mol. The molecular formula is C11H20N2O4S. The number of rotatable bonds is 2. The third-order valence-electron chi connectivity index (χ3n) is 3.66. The molecular weight excluding hydrogens is 256 g/mol. The van der Waals surface area contributed by atoms with Crippen molar-refractivity contribution in [2.75, 3.05) is 13.1 Å². The first kappa shape index (κ1) is 13.8. The van der Waals surface area contributed by atoms with Crippen molar-refractivity contribution in [3.8, 4) is 0 Å². The number of nitrogens with two attached hydrogens (primary N) is 1. The molecule has 2 N–H and O–H groups in total. The minimum absolute atomic E-state index is 0.0901. The van der Waals surface area contributed by atoms with Crippen LogP contribution in [0.3, 0.4) is 0 Å². The highest BCUT2D eigenvalue weighted by atomic mass is 32.2. The Bertz CT molecular complexity index is 423. The molecule has 0 aromatic carbocycles. The van der Waals surface area contributed by atoms with E-state index < -0.39 is 21.4 Å². The predicted molar refractivity (Wildman–Crippen MR) is 66.3 cm³/mol. The maximum atomic E-state index is 12.2. The Morgan fingerprint density at radius 3 is 2.61 bits per heavy atom. The topological polar surface area (TPSA) is 89.7 Å². The van der Waals surface area contributed by atoms with E-state index in [0.29, 0.717) is 19.4 Å². The van der Waals surface area contributed by atoms with Crippen LogP contribution in [0.1, 0.15) is 32.6 Å². The van der Waals surface area contributed by atoms with Crippen molar-refractivity contribution >= 4 is 15.9 Å². The van der Waals surface area contributed by atoms with Crippen LogP contribution in [0.25, 0.3) is 0 Å². The minimum atomic E-state index is -3.56. The van der Waals surface area contributed by atoms with E-state index in [1.807, 2.05) is 6.92 Å². The minimum Gasteiger partial charge on any atom is -0.365 e. The van der Waals surface area contributed by atoms with Crippen LogP contribution in [0.5, 0.6) is 0 Å². The zero-order valence-electron chi connectivity index (χ0n) is 10.5. The molecule has 0 saturated carbocycles. The first-order valence-corrected chi connectivity index (χ1v) is 7.94. The van der Waals surface area contributed by atoms with Crippen LogP contribution < -0.4 is 5.14 Å². The molecule has 0 bridgehead atoms. The van der Waals surface area contributed by atoms with Crippen LogP contribution >= 0.6 is 0 Å². The zero-order valence-corrected chi connectivity index (χ0v) is 11.4. The van der Waals surface area contributed by atoms with Crippen LogP contribution in [0.2, 0.25) is 0 Å². The molecule has 2 rings (SSSR count). The predicted octanol–water partition coefficient (Wildman–Crippen LogP) is -0.167. The molecule has 104 valence electrons. The molecule has 18 heavy (non-hydrogen) atoms. The number of ether oxygens (including phenoxy) is 1. The lowest BCUT2D eigenvalue weighted by Crippen LogP contribution is -2.50. The lowest BCUT2D eigenvalue weighted by molar-refractivity contribution is -0.143. The Morgan fingerprint density at radius 1 is 1.33 bits per heavy atom. The lowest BCUT2D eigenvalue weighted by Gasteiger charge is -2.33. The van der Waals surface area contributed by atoms with Crippen molar-refractivity contribution in [3.63, 3.8) is 0 Å². The standard InChI is InChI=1S/C11H20N2O4S/c1-8-4-5-10(17-8)11(14)13-6-2-3-9(7-13)18(12,15)16/h8-10H,2-7H2,1H3,(H2,12,15,16). The van der Waals surface area contributed by atoms with Gasteiger partial charge in [-0.3, -0.25) is 4.79 Å². The van der Waals surface area contributed by atoms with Crippen LogP contribution in [0.15, 0.2) is 0 Å². The van der Waals surface area contributed by atoms with Crippen molar-refractivity contribution in [2.24, 2.45) is 5.14 Å². The maximum Gasteiger partial charge on any atom is 0.251 e. The highest BCUT2D eigenvalue weighted by Gasteiger charge is 2.36. The molecule has 0 radical (unpaired) electrons. The Balaban J connectivity index is 1.98. The number of hydrogen-bond donors (Lipinski definition) is 1. The van der Waals surface area contributed by atoms with Gasteiger partial charge in [0.1, 0.15) is 6.10 Å². The van der Waals surface area contributed by atoms with Crippen LogP contribution in [0, 0.1) is 0 Å². The summed E-state index contributed by atoms with van der Waals surface area (Å²) < 4.78 is 28.2. The van der Waals surface area contributed by atoms with E-state index in [1.165, 1.54) is 0 Å². The van der Waals surface area contributed by atoms with Crippen LogP contribution in [-0.4, -0.2) is 49.8 Å². The number of hydrogen-bond acceptors (Lipinski definition) is 4. The van der Waals surface area contributed by atoms with Gasteiger partial charge in [-0.05, 0) is 32.6 Å². The maximum absolute atomic E-state index is 12.2. The van der Waals surface area contributed by atoms with Crippen molar-refractivity contribution < 1.29 is 17.9 Å². The van der Waals surface area contributed by atoms with Gasteiger partial charge in [0, 0.05) is 13.1 Å². The number of carbonyl (C=O) groups excluding carboxylic acids is 1. The number of amides is 1. The molecule has 2 fully saturated rings. The molecule has 0 aliphatic carbocycles. The van der Waals surface area contributed by atoms with E-state index in [-0.39, 0.29) is 18.6 Å². The number of nitrogens with zero attached hydrogens (tertiary/aromatic N) is 1. The fourth-order valence-electron chi connectivity index (χ4n) is 2.59. The zero-order chi connectivity index (χ0) is 13.3. The summed E-state index contributed by atoms with van der Waals surface area (Å²) in [6, 6.07) is 0. The van der Waals surface area contributed by atoms with Gasteiger partial charge >= 0.3 is 0 Å². The van der Waals surface area contributed by atoms with Crippen LogP contribution in [-0.2, 0) is 19.6 Å². The van der Waals surface area contributed by atoms with E-state index in [4.69, 9.17) is 9.88 Å². The van der Waals surface area contributed by atoms with Gasteiger partial charge in [0.15, 0.2) is 0 Å². The van der Waals surface area contributed by atoms with Gasteiger partial charge in [0.25, 0.3) is 5.91 Å². The second-order valence-corrected chi connectivity index (χ2v) is 6.99. The smallest absolute Gasteiger partial charge is 0.251 e. The van der Waals surface area contributed by atoms with Gasteiger partial charge < -0.3 is 9.64 Å². The molecule has 7 heteroatoms. The summed E-state index contributed by atoms with van der Waals surface area (Å²) in [4.78, 5) is 13.8. The summed E-state index contributed by atoms with van der Waals surface area (Å²) in [6.45, 7) is 2.74. The molecule has 2 aliphatic rings. The second kappa shape index (κ2) is 5.14. The Hall–Kier alpha value is -0.660. The third-order valence-corrected chi connectivity index (χ3v) is 4.98. The summed E-state index contributed by atoms with van der Waals surface area (Å²) in [5.74, 6) is -0.0901. The number of piperidine rings is 1. The highest BCUT2D eigenvalue weighted by molar-refractivity contribution is 7.89. The second-order valence-electron chi connectivity index (χ2n) is 5.15. The number of likely N-dealkylation sites (tertiary alicyclic amines) is 1. The first-order chi connectivity index (χ1) is 8.38. The molecule has 3 atom stereocenters. The monoisotopic (exact) mass is 276 g/mol. The molecule has 0 aromatic heterocycles. The molecule has 6 nitrogen and oxygen atoms in total. The number of primary sulfonamides is 1. The van der Waals surface area contributed by atoms with Gasteiger partial charge in [0.05, 0.1) is 11.4 Å².